The number of anilines is 2. The number of ether oxygens (including phenoxy) is 1. The van der Waals surface area contributed by atoms with Crippen molar-refractivity contribution in [2.45, 2.75) is 6.54 Å². The second-order valence-corrected chi connectivity index (χ2v) is 6.61. The van der Waals surface area contributed by atoms with E-state index >= 15 is 0 Å². The highest BCUT2D eigenvalue weighted by Gasteiger charge is 2.14. The maximum absolute atomic E-state index is 6.43. The van der Waals surface area contributed by atoms with Crippen molar-refractivity contribution < 1.29 is 4.74 Å². The van der Waals surface area contributed by atoms with Crippen molar-refractivity contribution in [3.05, 3.63) is 57.0 Å². The van der Waals surface area contributed by atoms with Crippen LogP contribution in [0.5, 0.6) is 0 Å². The summed E-state index contributed by atoms with van der Waals surface area (Å²) in [6.45, 7) is 3.83. The van der Waals surface area contributed by atoms with Crippen LogP contribution in [0.25, 0.3) is 0 Å². The fourth-order valence-electron chi connectivity index (χ4n) is 2.54. The molecule has 0 saturated carbocycles. The largest absolute Gasteiger partial charge is 0.381 e. The summed E-state index contributed by atoms with van der Waals surface area (Å²) in [6, 6.07) is 11.5. The van der Waals surface area contributed by atoms with E-state index in [4.69, 9.17) is 39.5 Å². The summed E-state index contributed by atoms with van der Waals surface area (Å²) in [7, 11) is 0. The molecule has 6 heteroatoms. The molecule has 3 nitrogen and oxygen atoms in total. The zero-order chi connectivity index (χ0) is 16.2. The van der Waals surface area contributed by atoms with Crippen molar-refractivity contribution >= 4 is 46.2 Å². The molecule has 2 aromatic carbocycles. The van der Waals surface area contributed by atoms with Crippen molar-refractivity contribution in [1.29, 1.82) is 0 Å². The predicted octanol–water partition coefficient (Wildman–Crippen LogP) is 5.10. The molecular weight excluding hydrogens is 355 g/mol. The Balaban J connectivity index is 1.68. The Morgan fingerprint density at radius 1 is 0.957 bits per heavy atom. The van der Waals surface area contributed by atoms with Gasteiger partial charge in [0.05, 0.1) is 23.9 Å². The molecule has 2 aromatic rings. The lowest BCUT2D eigenvalue weighted by Crippen LogP contribution is -2.36. The zero-order valence-electron chi connectivity index (χ0n) is 12.5. The first kappa shape index (κ1) is 16.7. The van der Waals surface area contributed by atoms with Gasteiger partial charge in [0.15, 0.2) is 0 Å². The minimum absolute atomic E-state index is 0.614. The molecule has 3 rings (SSSR count). The molecule has 0 radical (unpaired) electrons. The number of rotatable bonds is 4. The van der Waals surface area contributed by atoms with Gasteiger partial charge in [0.2, 0.25) is 0 Å². The van der Waals surface area contributed by atoms with Crippen molar-refractivity contribution in [1.82, 2.24) is 0 Å². The van der Waals surface area contributed by atoms with Crippen LogP contribution >= 0.6 is 34.8 Å². The first-order valence-electron chi connectivity index (χ1n) is 7.43. The Morgan fingerprint density at radius 3 is 2.43 bits per heavy atom. The summed E-state index contributed by atoms with van der Waals surface area (Å²) < 4.78 is 5.37. The first-order valence-corrected chi connectivity index (χ1v) is 8.57. The SMILES string of the molecule is Clc1ccc(CNc2ccc(N3CCOCC3)c(Cl)c2)c(Cl)c1. The van der Waals surface area contributed by atoms with E-state index in [0.717, 1.165) is 48.3 Å². The van der Waals surface area contributed by atoms with Crippen LogP contribution in [0.15, 0.2) is 36.4 Å². The van der Waals surface area contributed by atoms with Gasteiger partial charge < -0.3 is 15.0 Å². The monoisotopic (exact) mass is 370 g/mol. The quantitative estimate of drug-likeness (QED) is 0.809. The maximum Gasteiger partial charge on any atom is 0.0660 e. The number of hydrogen-bond acceptors (Lipinski definition) is 3. The van der Waals surface area contributed by atoms with E-state index in [9.17, 15) is 0 Å². The highest BCUT2D eigenvalue weighted by Crippen LogP contribution is 2.30. The Hall–Kier alpha value is -1.13. The molecule has 0 aromatic heterocycles. The van der Waals surface area contributed by atoms with Gasteiger partial charge in [0.1, 0.15) is 0 Å². The lowest BCUT2D eigenvalue weighted by Gasteiger charge is -2.29. The van der Waals surface area contributed by atoms with E-state index in [2.05, 4.69) is 10.2 Å². The van der Waals surface area contributed by atoms with E-state index in [1.165, 1.54) is 0 Å². The Labute approximate surface area is 151 Å². The van der Waals surface area contributed by atoms with E-state index in [-0.39, 0.29) is 0 Å². The molecule has 1 N–H and O–H groups in total. The predicted molar refractivity (Wildman–Crippen MR) is 98.3 cm³/mol. The second-order valence-electron chi connectivity index (χ2n) is 5.35. The van der Waals surface area contributed by atoms with Crippen LogP contribution in [0.1, 0.15) is 5.56 Å². The standard InChI is InChI=1S/C17H17Cl3N2O/c18-13-2-1-12(15(19)9-13)11-21-14-3-4-17(16(20)10-14)22-5-7-23-8-6-22/h1-4,9-10,21H,5-8,11H2. The van der Waals surface area contributed by atoms with Gasteiger partial charge >= 0.3 is 0 Å². The summed E-state index contributed by atoms with van der Waals surface area (Å²) in [6.07, 6.45) is 0. The van der Waals surface area contributed by atoms with E-state index in [1.54, 1.807) is 6.07 Å². The number of hydrogen-bond donors (Lipinski definition) is 1. The molecule has 1 fully saturated rings. The minimum Gasteiger partial charge on any atom is -0.381 e. The van der Waals surface area contributed by atoms with Crippen molar-refractivity contribution in [2.75, 3.05) is 36.5 Å². The highest BCUT2D eigenvalue weighted by molar-refractivity contribution is 6.35. The van der Waals surface area contributed by atoms with Crippen molar-refractivity contribution in [3.8, 4) is 0 Å². The lowest BCUT2D eigenvalue weighted by molar-refractivity contribution is 0.122. The zero-order valence-corrected chi connectivity index (χ0v) is 14.8. The van der Waals surface area contributed by atoms with E-state index in [1.807, 2.05) is 30.3 Å². The molecule has 0 bridgehead atoms. The fraction of sp³-hybridized carbons (Fsp3) is 0.294. The molecular formula is C17H17Cl3N2O. The van der Waals surface area contributed by atoms with Crippen LogP contribution in [-0.2, 0) is 11.3 Å². The summed E-state index contributed by atoms with van der Waals surface area (Å²) in [5.41, 5.74) is 2.99. The summed E-state index contributed by atoms with van der Waals surface area (Å²) in [5, 5.41) is 5.36. The molecule has 23 heavy (non-hydrogen) atoms. The number of morpholine rings is 1. The highest BCUT2D eigenvalue weighted by atomic mass is 35.5. The van der Waals surface area contributed by atoms with Crippen LogP contribution in [0.4, 0.5) is 11.4 Å². The van der Waals surface area contributed by atoms with Gasteiger partial charge in [0, 0.05) is 35.4 Å². The van der Waals surface area contributed by atoms with Gasteiger partial charge in [-0.1, -0.05) is 40.9 Å². The first-order chi connectivity index (χ1) is 11.1. The van der Waals surface area contributed by atoms with E-state index < -0.39 is 0 Å². The topological polar surface area (TPSA) is 24.5 Å². The third-order valence-corrected chi connectivity index (χ3v) is 4.69. The van der Waals surface area contributed by atoms with E-state index in [0.29, 0.717) is 16.6 Å². The average Bonchev–Trinajstić information content (AvgIpc) is 2.55. The Bertz CT molecular complexity index is 688. The third-order valence-electron chi connectivity index (χ3n) is 3.80. The number of nitrogens with zero attached hydrogens (tertiary/aromatic N) is 1. The third kappa shape index (κ3) is 4.24. The van der Waals surface area contributed by atoms with Crippen LogP contribution in [0.3, 0.4) is 0 Å². The minimum atomic E-state index is 0.614. The molecule has 0 atom stereocenters. The van der Waals surface area contributed by atoms with Gasteiger partial charge in [-0.15, -0.1) is 0 Å². The molecule has 0 unspecified atom stereocenters. The van der Waals surface area contributed by atoms with Crippen LogP contribution < -0.4 is 10.2 Å². The van der Waals surface area contributed by atoms with Crippen molar-refractivity contribution in [3.63, 3.8) is 0 Å². The molecule has 1 aliphatic rings. The lowest BCUT2D eigenvalue weighted by atomic mass is 10.2. The fourth-order valence-corrected chi connectivity index (χ4v) is 3.32. The molecule has 0 aliphatic carbocycles. The molecule has 1 saturated heterocycles. The van der Waals surface area contributed by atoms with Gasteiger partial charge in [-0.25, -0.2) is 0 Å². The number of halogens is 3. The summed E-state index contributed by atoms with van der Waals surface area (Å²) in [5.74, 6) is 0. The summed E-state index contributed by atoms with van der Waals surface area (Å²) >= 11 is 18.5. The molecule has 1 heterocycles. The summed E-state index contributed by atoms with van der Waals surface area (Å²) in [4.78, 5) is 2.24. The Kier molecular flexibility index (Phi) is 5.54. The van der Waals surface area contributed by atoms with Gasteiger partial charge in [0.25, 0.3) is 0 Å². The van der Waals surface area contributed by atoms with Gasteiger partial charge in [-0.2, -0.15) is 0 Å². The van der Waals surface area contributed by atoms with Gasteiger partial charge in [-0.3, -0.25) is 0 Å². The van der Waals surface area contributed by atoms with Crippen LogP contribution in [0, 0.1) is 0 Å². The molecule has 1 aliphatic heterocycles. The maximum atomic E-state index is 6.43. The number of nitrogens with one attached hydrogen (secondary N) is 1. The smallest absolute Gasteiger partial charge is 0.0660 e. The second kappa shape index (κ2) is 7.63. The van der Waals surface area contributed by atoms with Gasteiger partial charge in [-0.05, 0) is 35.9 Å². The van der Waals surface area contributed by atoms with Crippen LogP contribution in [0.2, 0.25) is 15.1 Å². The van der Waals surface area contributed by atoms with Crippen LogP contribution in [-0.4, -0.2) is 26.3 Å². The average molecular weight is 372 g/mol. The molecule has 0 amide bonds. The molecule has 0 spiro atoms. The normalized spacial score (nSPS) is 14.8. The van der Waals surface area contributed by atoms with Crippen molar-refractivity contribution in [2.24, 2.45) is 0 Å². The Morgan fingerprint density at radius 2 is 1.74 bits per heavy atom. The number of benzene rings is 2. The molecule has 122 valence electrons.